The minimum Gasteiger partial charge on any atom is -0.456 e. The van der Waals surface area contributed by atoms with Crippen molar-refractivity contribution in [1.29, 1.82) is 5.26 Å². The highest BCUT2D eigenvalue weighted by Gasteiger charge is 2.14. The molecule has 0 aliphatic rings. The van der Waals surface area contributed by atoms with E-state index < -0.39 is 11.9 Å². The third-order valence-corrected chi connectivity index (χ3v) is 3.79. The lowest BCUT2D eigenvalue weighted by Gasteiger charge is -2.11. The maximum absolute atomic E-state index is 11.8. The Labute approximate surface area is 145 Å². The number of esters is 1. The molecular weight excluding hydrogens is 322 g/mol. The zero-order chi connectivity index (χ0) is 18.4. The van der Waals surface area contributed by atoms with Gasteiger partial charge in [0.15, 0.2) is 12.3 Å². The van der Waals surface area contributed by atoms with Crippen molar-refractivity contribution in [2.24, 2.45) is 0 Å². The molecule has 0 saturated heterocycles. The number of nitrogens with zero attached hydrogens (tertiary/aromatic N) is 4. The van der Waals surface area contributed by atoms with Crippen molar-refractivity contribution in [3.05, 3.63) is 28.7 Å². The molecule has 0 spiro atoms. The SMILES string of the molecule is Cc1cc2nc(C)c(CCC(=O)OCC(=O)NCCC#N)c(C)n2n1. The highest BCUT2D eigenvalue weighted by molar-refractivity contribution is 5.80. The van der Waals surface area contributed by atoms with Gasteiger partial charge in [0.1, 0.15) is 0 Å². The molecular formula is C17H21N5O3. The Bertz CT molecular complexity index is 835. The normalized spacial score (nSPS) is 10.5. The van der Waals surface area contributed by atoms with Gasteiger partial charge < -0.3 is 10.1 Å². The molecule has 8 nitrogen and oxygen atoms in total. The Balaban J connectivity index is 1.90. The van der Waals surface area contributed by atoms with Gasteiger partial charge in [0, 0.05) is 30.4 Å². The van der Waals surface area contributed by atoms with Gasteiger partial charge in [0.25, 0.3) is 5.91 Å². The Kier molecular flexibility index (Phi) is 6.06. The van der Waals surface area contributed by atoms with Crippen LogP contribution >= 0.6 is 0 Å². The summed E-state index contributed by atoms with van der Waals surface area (Å²) in [6.45, 7) is 5.66. The zero-order valence-electron chi connectivity index (χ0n) is 14.6. The number of nitriles is 1. The number of nitrogens with one attached hydrogen (secondary N) is 1. The first-order valence-electron chi connectivity index (χ1n) is 8.04. The van der Waals surface area contributed by atoms with Crippen molar-refractivity contribution in [3.8, 4) is 6.07 Å². The van der Waals surface area contributed by atoms with Gasteiger partial charge in [0.05, 0.1) is 18.2 Å². The van der Waals surface area contributed by atoms with Crippen LogP contribution in [-0.4, -0.2) is 39.6 Å². The maximum atomic E-state index is 11.8. The minimum atomic E-state index is -0.453. The van der Waals surface area contributed by atoms with Gasteiger partial charge in [-0.15, -0.1) is 0 Å². The molecule has 0 bridgehead atoms. The number of aromatic nitrogens is 3. The molecule has 0 aromatic carbocycles. The van der Waals surface area contributed by atoms with Crippen LogP contribution in [0.15, 0.2) is 6.07 Å². The van der Waals surface area contributed by atoms with Crippen LogP contribution in [0.5, 0.6) is 0 Å². The Hall–Kier alpha value is -2.95. The van der Waals surface area contributed by atoms with Gasteiger partial charge in [-0.3, -0.25) is 9.59 Å². The highest BCUT2D eigenvalue weighted by Crippen LogP contribution is 2.17. The minimum absolute atomic E-state index is 0.153. The summed E-state index contributed by atoms with van der Waals surface area (Å²) in [6.07, 6.45) is 0.843. The molecule has 25 heavy (non-hydrogen) atoms. The predicted octanol–water partition coefficient (Wildman–Crippen LogP) is 1.16. The lowest BCUT2D eigenvalue weighted by atomic mass is 10.1. The second-order valence-electron chi connectivity index (χ2n) is 5.74. The van der Waals surface area contributed by atoms with Crippen LogP contribution < -0.4 is 5.32 Å². The van der Waals surface area contributed by atoms with E-state index in [1.807, 2.05) is 32.9 Å². The van der Waals surface area contributed by atoms with Crippen molar-refractivity contribution in [1.82, 2.24) is 19.9 Å². The van der Waals surface area contributed by atoms with Crippen molar-refractivity contribution in [3.63, 3.8) is 0 Å². The summed E-state index contributed by atoms with van der Waals surface area (Å²) >= 11 is 0. The van der Waals surface area contributed by atoms with E-state index in [1.165, 1.54) is 0 Å². The first kappa shape index (κ1) is 18.4. The van der Waals surface area contributed by atoms with Gasteiger partial charge in [-0.25, -0.2) is 9.50 Å². The first-order chi connectivity index (χ1) is 11.9. The molecule has 0 radical (unpaired) electrons. The maximum Gasteiger partial charge on any atom is 0.306 e. The lowest BCUT2D eigenvalue weighted by Crippen LogP contribution is -2.29. The van der Waals surface area contributed by atoms with Crippen LogP contribution in [0.3, 0.4) is 0 Å². The number of aryl methyl sites for hydroxylation is 3. The average molecular weight is 343 g/mol. The molecule has 0 unspecified atom stereocenters. The summed E-state index contributed by atoms with van der Waals surface area (Å²) in [4.78, 5) is 27.8. The molecule has 8 heteroatoms. The summed E-state index contributed by atoms with van der Waals surface area (Å²) in [7, 11) is 0. The van der Waals surface area contributed by atoms with E-state index in [9.17, 15) is 9.59 Å². The number of fused-ring (bicyclic) bond motifs is 1. The number of carbonyl (C=O) groups excluding carboxylic acids is 2. The number of hydrogen-bond donors (Lipinski definition) is 1. The fraction of sp³-hybridized carbons (Fsp3) is 0.471. The van der Waals surface area contributed by atoms with Crippen LogP contribution in [-0.2, 0) is 20.7 Å². The molecule has 2 heterocycles. The third kappa shape index (κ3) is 4.76. The predicted molar refractivity (Wildman–Crippen MR) is 89.7 cm³/mol. The van der Waals surface area contributed by atoms with Crippen LogP contribution in [0, 0.1) is 32.1 Å². The van der Waals surface area contributed by atoms with Crippen molar-refractivity contribution in [2.75, 3.05) is 13.2 Å². The molecule has 2 aromatic heterocycles. The van der Waals surface area contributed by atoms with Crippen LogP contribution in [0.2, 0.25) is 0 Å². The van der Waals surface area contributed by atoms with E-state index in [1.54, 1.807) is 4.52 Å². The first-order valence-corrected chi connectivity index (χ1v) is 8.04. The van der Waals surface area contributed by atoms with Gasteiger partial charge in [-0.1, -0.05) is 0 Å². The van der Waals surface area contributed by atoms with E-state index >= 15 is 0 Å². The average Bonchev–Trinajstić information content (AvgIpc) is 2.93. The number of amides is 1. The van der Waals surface area contributed by atoms with Gasteiger partial charge in [0.2, 0.25) is 0 Å². The molecule has 0 fully saturated rings. The van der Waals surface area contributed by atoms with E-state index in [0.29, 0.717) is 6.42 Å². The zero-order valence-corrected chi connectivity index (χ0v) is 14.6. The molecule has 2 aromatic rings. The van der Waals surface area contributed by atoms with Gasteiger partial charge in [-0.2, -0.15) is 10.4 Å². The number of rotatable bonds is 7. The van der Waals surface area contributed by atoms with Crippen LogP contribution in [0.25, 0.3) is 5.65 Å². The second-order valence-corrected chi connectivity index (χ2v) is 5.74. The molecule has 132 valence electrons. The van der Waals surface area contributed by atoms with E-state index in [2.05, 4.69) is 15.4 Å². The van der Waals surface area contributed by atoms with E-state index in [0.717, 1.165) is 28.3 Å². The van der Waals surface area contributed by atoms with E-state index in [-0.39, 0.29) is 26.0 Å². The Morgan fingerprint density at radius 1 is 1.36 bits per heavy atom. The van der Waals surface area contributed by atoms with E-state index in [4.69, 9.17) is 10.00 Å². The Morgan fingerprint density at radius 2 is 2.12 bits per heavy atom. The summed E-state index contributed by atoms with van der Waals surface area (Å²) < 4.78 is 6.72. The molecule has 0 aliphatic carbocycles. The summed E-state index contributed by atoms with van der Waals surface area (Å²) in [5, 5.41) is 15.3. The third-order valence-electron chi connectivity index (χ3n) is 3.79. The molecule has 0 atom stereocenters. The van der Waals surface area contributed by atoms with Crippen molar-refractivity contribution >= 4 is 17.5 Å². The van der Waals surface area contributed by atoms with Crippen molar-refractivity contribution < 1.29 is 14.3 Å². The number of hydrogen-bond acceptors (Lipinski definition) is 6. The second kappa shape index (κ2) is 8.24. The highest BCUT2D eigenvalue weighted by atomic mass is 16.5. The fourth-order valence-electron chi connectivity index (χ4n) is 2.56. The summed E-state index contributed by atoms with van der Waals surface area (Å²) in [6, 6.07) is 3.82. The standard InChI is InChI=1S/C17H21N5O3/c1-11-9-15-20-12(2)14(13(3)22(15)21-11)5-6-17(24)25-10-16(23)19-8-4-7-18/h9H,4-6,8,10H2,1-3H3,(H,19,23). The quantitative estimate of drug-likeness (QED) is 0.597. The largest absolute Gasteiger partial charge is 0.456 e. The summed E-state index contributed by atoms with van der Waals surface area (Å²) in [5.74, 6) is -0.864. The molecule has 2 rings (SSSR count). The fourth-order valence-corrected chi connectivity index (χ4v) is 2.56. The topological polar surface area (TPSA) is 109 Å². The smallest absolute Gasteiger partial charge is 0.306 e. The molecule has 1 N–H and O–H groups in total. The Morgan fingerprint density at radius 3 is 2.84 bits per heavy atom. The molecule has 0 aliphatic heterocycles. The van der Waals surface area contributed by atoms with Gasteiger partial charge >= 0.3 is 5.97 Å². The lowest BCUT2D eigenvalue weighted by molar-refractivity contribution is -0.148. The monoisotopic (exact) mass is 343 g/mol. The summed E-state index contributed by atoms with van der Waals surface area (Å²) in [5.41, 5.74) is 4.41. The van der Waals surface area contributed by atoms with Crippen LogP contribution in [0.1, 0.15) is 35.5 Å². The van der Waals surface area contributed by atoms with Crippen molar-refractivity contribution in [2.45, 2.75) is 40.0 Å². The van der Waals surface area contributed by atoms with Gasteiger partial charge in [-0.05, 0) is 32.8 Å². The number of carbonyl (C=O) groups is 2. The number of ether oxygens (including phenoxy) is 1. The van der Waals surface area contributed by atoms with Crippen LogP contribution in [0.4, 0.5) is 0 Å². The molecule has 1 amide bonds. The molecule has 0 saturated carbocycles.